The standard InChI is InChI=1S/C13H19N5S/c14-9-4-10-19-13-17-16-12(18(13)15)8-7-11-5-2-1-3-6-11/h1-3,5-6H,4,7-10,14-15H2. The Kier molecular flexibility index (Phi) is 5.23. The predicted molar refractivity (Wildman–Crippen MR) is 78.4 cm³/mol. The molecule has 2 rings (SSSR count). The van der Waals surface area contributed by atoms with Gasteiger partial charge in [0.05, 0.1) is 0 Å². The largest absolute Gasteiger partial charge is 0.336 e. The number of nitrogen functional groups attached to an aromatic ring is 1. The predicted octanol–water partition coefficient (Wildman–Crippen LogP) is 1.22. The molecule has 0 spiro atoms. The fourth-order valence-corrected chi connectivity index (χ4v) is 2.56. The lowest BCUT2D eigenvalue weighted by Crippen LogP contribution is -2.15. The SMILES string of the molecule is NCCCSc1nnc(CCc2ccccc2)n1N. The quantitative estimate of drug-likeness (QED) is 0.452. The van der Waals surface area contributed by atoms with E-state index in [1.807, 2.05) is 18.2 Å². The fraction of sp³-hybridized carbons (Fsp3) is 0.385. The Morgan fingerprint density at radius 2 is 1.89 bits per heavy atom. The van der Waals surface area contributed by atoms with Gasteiger partial charge in [-0.25, -0.2) is 4.68 Å². The minimum Gasteiger partial charge on any atom is -0.336 e. The van der Waals surface area contributed by atoms with E-state index < -0.39 is 0 Å². The summed E-state index contributed by atoms with van der Waals surface area (Å²) in [6, 6.07) is 10.3. The van der Waals surface area contributed by atoms with Crippen LogP contribution in [0.4, 0.5) is 0 Å². The number of aromatic nitrogens is 3. The molecule has 19 heavy (non-hydrogen) atoms. The molecule has 1 aromatic heterocycles. The number of benzene rings is 1. The van der Waals surface area contributed by atoms with Crippen LogP contribution in [0.1, 0.15) is 17.8 Å². The van der Waals surface area contributed by atoms with E-state index in [1.54, 1.807) is 16.4 Å². The number of hydrogen-bond donors (Lipinski definition) is 2. The van der Waals surface area contributed by atoms with Gasteiger partial charge in [0, 0.05) is 12.2 Å². The molecule has 5 nitrogen and oxygen atoms in total. The molecule has 0 saturated heterocycles. The van der Waals surface area contributed by atoms with Crippen molar-refractivity contribution in [1.82, 2.24) is 14.9 Å². The topological polar surface area (TPSA) is 82.8 Å². The van der Waals surface area contributed by atoms with Gasteiger partial charge in [0.1, 0.15) is 0 Å². The van der Waals surface area contributed by atoms with Gasteiger partial charge in [-0.05, 0) is 24.9 Å². The Balaban J connectivity index is 1.90. The zero-order chi connectivity index (χ0) is 13.5. The van der Waals surface area contributed by atoms with Crippen LogP contribution in [0.5, 0.6) is 0 Å². The van der Waals surface area contributed by atoms with Crippen LogP contribution in [0.3, 0.4) is 0 Å². The minimum atomic E-state index is 0.687. The molecular formula is C13H19N5S. The van der Waals surface area contributed by atoms with E-state index >= 15 is 0 Å². The first-order chi connectivity index (χ1) is 9.31. The Morgan fingerprint density at radius 1 is 1.11 bits per heavy atom. The second kappa shape index (κ2) is 7.16. The molecule has 0 aliphatic heterocycles. The first-order valence-electron chi connectivity index (χ1n) is 6.37. The van der Waals surface area contributed by atoms with Crippen molar-refractivity contribution in [2.24, 2.45) is 5.73 Å². The maximum atomic E-state index is 5.99. The lowest BCUT2D eigenvalue weighted by atomic mass is 10.1. The molecule has 0 bridgehead atoms. The Labute approximate surface area is 117 Å². The molecule has 102 valence electrons. The molecule has 0 aliphatic rings. The lowest BCUT2D eigenvalue weighted by Gasteiger charge is -2.03. The molecule has 1 heterocycles. The normalized spacial score (nSPS) is 10.8. The molecule has 0 aliphatic carbocycles. The molecule has 1 aromatic carbocycles. The van der Waals surface area contributed by atoms with E-state index in [0.29, 0.717) is 6.54 Å². The highest BCUT2D eigenvalue weighted by molar-refractivity contribution is 7.99. The molecular weight excluding hydrogens is 258 g/mol. The molecule has 6 heteroatoms. The number of hydrogen-bond acceptors (Lipinski definition) is 5. The molecule has 2 aromatic rings. The average molecular weight is 277 g/mol. The summed E-state index contributed by atoms with van der Waals surface area (Å²) in [5.74, 6) is 7.73. The van der Waals surface area contributed by atoms with Gasteiger partial charge in [0.15, 0.2) is 5.82 Å². The number of rotatable bonds is 7. The van der Waals surface area contributed by atoms with Gasteiger partial charge in [-0.2, -0.15) is 0 Å². The highest BCUT2D eigenvalue weighted by Gasteiger charge is 2.09. The maximum Gasteiger partial charge on any atom is 0.209 e. The van der Waals surface area contributed by atoms with Gasteiger partial charge < -0.3 is 11.6 Å². The van der Waals surface area contributed by atoms with Crippen molar-refractivity contribution in [2.75, 3.05) is 18.1 Å². The van der Waals surface area contributed by atoms with Crippen LogP contribution in [-0.4, -0.2) is 27.2 Å². The molecule has 0 radical (unpaired) electrons. The third-order valence-electron chi connectivity index (χ3n) is 2.79. The van der Waals surface area contributed by atoms with Crippen LogP contribution in [0.25, 0.3) is 0 Å². The molecule has 0 amide bonds. The van der Waals surface area contributed by atoms with Crippen LogP contribution in [0.15, 0.2) is 35.5 Å². The first-order valence-corrected chi connectivity index (χ1v) is 7.36. The van der Waals surface area contributed by atoms with Crippen molar-refractivity contribution in [3.63, 3.8) is 0 Å². The van der Waals surface area contributed by atoms with E-state index in [4.69, 9.17) is 11.6 Å². The van der Waals surface area contributed by atoms with Gasteiger partial charge in [0.25, 0.3) is 0 Å². The summed E-state index contributed by atoms with van der Waals surface area (Å²) in [6.45, 7) is 0.687. The van der Waals surface area contributed by atoms with Gasteiger partial charge >= 0.3 is 0 Å². The van der Waals surface area contributed by atoms with E-state index in [-0.39, 0.29) is 0 Å². The van der Waals surface area contributed by atoms with Crippen LogP contribution in [0.2, 0.25) is 0 Å². The van der Waals surface area contributed by atoms with Crippen LogP contribution < -0.4 is 11.6 Å². The number of nitrogens with two attached hydrogens (primary N) is 2. The number of nitrogens with zero attached hydrogens (tertiary/aromatic N) is 3. The van der Waals surface area contributed by atoms with E-state index in [2.05, 4.69) is 22.3 Å². The summed E-state index contributed by atoms with van der Waals surface area (Å²) in [5, 5.41) is 9.02. The number of thioether (sulfide) groups is 1. The van der Waals surface area contributed by atoms with E-state index in [0.717, 1.165) is 36.0 Å². The van der Waals surface area contributed by atoms with Gasteiger partial charge in [0.2, 0.25) is 5.16 Å². The summed E-state index contributed by atoms with van der Waals surface area (Å²) in [5.41, 5.74) is 6.74. The second-order valence-corrected chi connectivity index (χ2v) is 5.31. The molecule has 0 unspecified atom stereocenters. The zero-order valence-electron chi connectivity index (χ0n) is 10.8. The highest BCUT2D eigenvalue weighted by Crippen LogP contribution is 2.16. The molecule has 0 atom stereocenters. The van der Waals surface area contributed by atoms with Crippen molar-refractivity contribution in [3.05, 3.63) is 41.7 Å². The van der Waals surface area contributed by atoms with Gasteiger partial charge in [-0.15, -0.1) is 10.2 Å². The molecule has 0 saturated carbocycles. The van der Waals surface area contributed by atoms with Crippen molar-refractivity contribution in [3.8, 4) is 0 Å². The van der Waals surface area contributed by atoms with Crippen molar-refractivity contribution in [2.45, 2.75) is 24.4 Å². The van der Waals surface area contributed by atoms with E-state index in [1.165, 1.54) is 5.56 Å². The zero-order valence-corrected chi connectivity index (χ0v) is 11.6. The average Bonchev–Trinajstić information content (AvgIpc) is 2.79. The third kappa shape index (κ3) is 3.97. The van der Waals surface area contributed by atoms with Crippen LogP contribution in [0, 0.1) is 0 Å². The summed E-state index contributed by atoms with van der Waals surface area (Å²) in [7, 11) is 0. The monoisotopic (exact) mass is 277 g/mol. The van der Waals surface area contributed by atoms with Gasteiger partial charge in [-0.1, -0.05) is 42.1 Å². The smallest absolute Gasteiger partial charge is 0.209 e. The Bertz CT molecular complexity index is 497. The van der Waals surface area contributed by atoms with Gasteiger partial charge in [-0.3, -0.25) is 0 Å². The summed E-state index contributed by atoms with van der Waals surface area (Å²) < 4.78 is 1.59. The summed E-state index contributed by atoms with van der Waals surface area (Å²) in [6.07, 6.45) is 2.67. The Hall–Kier alpha value is -1.53. The minimum absolute atomic E-state index is 0.687. The molecule has 0 fully saturated rings. The molecule has 4 N–H and O–H groups in total. The van der Waals surface area contributed by atoms with Crippen LogP contribution in [-0.2, 0) is 12.8 Å². The third-order valence-corrected chi connectivity index (χ3v) is 3.82. The van der Waals surface area contributed by atoms with Crippen LogP contribution >= 0.6 is 11.8 Å². The Morgan fingerprint density at radius 3 is 2.63 bits per heavy atom. The fourth-order valence-electron chi connectivity index (χ4n) is 1.72. The highest BCUT2D eigenvalue weighted by atomic mass is 32.2. The van der Waals surface area contributed by atoms with Crippen molar-refractivity contribution < 1.29 is 0 Å². The maximum absolute atomic E-state index is 5.99. The summed E-state index contributed by atoms with van der Waals surface area (Å²) in [4.78, 5) is 0. The van der Waals surface area contributed by atoms with E-state index in [9.17, 15) is 0 Å². The van der Waals surface area contributed by atoms with Crippen molar-refractivity contribution in [1.29, 1.82) is 0 Å². The lowest BCUT2D eigenvalue weighted by molar-refractivity contribution is 0.767. The second-order valence-electron chi connectivity index (χ2n) is 4.25. The number of aryl methyl sites for hydroxylation is 2. The van der Waals surface area contributed by atoms with Crippen molar-refractivity contribution >= 4 is 11.8 Å². The first kappa shape index (κ1) is 13.9. The summed E-state index contributed by atoms with van der Waals surface area (Å²) >= 11 is 1.60.